The lowest BCUT2D eigenvalue weighted by molar-refractivity contribution is 0.0950. The number of aromatic nitrogens is 4. The number of nitrogens with zero attached hydrogens (tertiary/aromatic N) is 4. The van der Waals surface area contributed by atoms with Crippen LogP contribution in [0.1, 0.15) is 29.5 Å². The Labute approximate surface area is 206 Å². The molecule has 9 heteroatoms. The average Bonchev–Trinajstić information content (AvgIpc) is 3.46. The van der Waals surface area contributed by atoms with Crippen molar-refractivity contribution in [3.63, 3.8) is 0 Å². The second kappa shape index (κ2) is 9.06. The van der Waals surface area contributed by atoms with Gasteiger partial charge in [-0.2, -0.15) is 0 Å². The van der Waals surface area contributed by atoms with Crippen molar-refractivity contribution in [3.05, 3.63) is 90.3 Å². The summed E-state index contributed by atoms with van der Waals surface area (Å²) in [6, 6.07) is 11.2. The summed E-state index contributed by atoms with van der Waals surface area (Å²) in [5, 5.41) is 0.899. The highest BCUT2D eigenvalue weighted by Crippen LogP contribution is 2.25. The fourth-order valence-corrected chi connectivity index (χ4v) is 4.97. The molecular formula is C25H24Cl2N4O3. The summed E-state index contributed by atoms with van der Waals surface area (Å²) in [5.41, 5.74) is 3.33. The van der Waals surface area contributed by atoms with Gasteiger partial charge in [0.05, 0.1) is 34.7 Å². The van der Waals surface area contributed by atoms with Crippen LogP contribution in [0.25, 0.3) is 16.9 Å². The van der Waals surface area contributed by atoms with Gasteiger partial charge in [0.1, 0.15) is 0 Å². The van der Waals surface area contributed by atoms with Crippen LogP contribution in [0.4, 0.5) is 0 Å². The number of aryl methyl sites for hydroxylation is 2. The van der Waals surface area contributed by atoms with Crippen LogP contribution in [0.15, 0.2) is 52.3 Å². The molecule has 4 aromatic rings. The molecule has 1 atom stereocenters. The second-order valence-corrected chi connectivity index (χ2v) is 9.52. The minimum Gasteiger partial charge on any atom is -0.376 e. The summed E-state index contributed by atoms with van der Waals surface area (Å²) in [4.78, 5) is 31.9. The molecule has 3 heterocycles. The van der Waals surface area contributed by atoms with Crippen LogP contribution in [0, 0.1) is 13.8 Å². The topological polar surface area (TPSA) is 71.1 Å². The van der Waals surface area contributed by atoms with Gasteiger partial charge in [0, 0.05) is 13.2 Å². The monoisotopic (exact) mass is 498 g/mol. The number of hydrogen-bond acceptors (Lipinski definition) is 4. The average molecular weight is 499 g/mol. The van der Waals surface area contributed by atoms with Crippen LogP contribution in [-0.2, 0) is 17.8 Å². The number of fused-ring (bicyclic) bond motifs is 1. The molecule has 176 valence electrons. The van der Waals surface area contributed by atoms with E-state index in [0.29, 0.717) is 34.4 Å². The minimum absolute atomic E-state index is 0.166. The molecule has 0 bridgehead atoms. The highest BCUT2D eigenvalue weighted by atomic mass is 35.5. The molecule has 1 fully saturated rings. The normalized spacial score (nSPS) is 15.9. The molecule has 2 aromatic heterocycles. The van der Waals surface area contributed by atoms with Crippen molar-refractivity contribution in [1.82, 2.24) is 18.7 Å². The first-order chi connectivity index (χ1) is 16.3. The van der Waals surface area contributed by atoms with Gasteiger partial charge in [-0.1, -0.05) is 47.5 Å². The van der Waals surface area contributed by atoms with Crippen molar-refractivity contribution >= 4 is 34.4 Å². The Morgan fingerprint density at radius 1 is 1.09 bits per heavy atom. The Bertz CT molecular complexity index is 1490. The molecule has 34 heavy (non-hydrogen) atoms. The summed E-state index contributed by atoms with van der Waals surface area (Å²) < 4.78 is 10.3. The number of hydrogen-bond donors (Lipinski definition) is 0. The Morgan fingerprint density at radius 2 is 1.85 bits per heavy atom. The summed E-state index contributed by atoms with van der Waals surface area (Å²) in [7, 11) is 0. The van der Waals surface area contributed by atoms with Crippen molar-refractivity contribution in [2.75, 3.05) is 6.61 Å². The van der Waals surface area contributed by atoms with Gasteiger partial charge in [-0.05, 0) is 55.5 Å². The molecule has 0 aliphatic carbocycles. The lowest BCUT2D eigenvalue weighted by Gasteiger charge is -2.17. The van der Waals surface area contributed by atoms with E-state index >= 15 is 0 Å². The van der Waals surface area contributed by atoms with E-state index in [-0.39, 0.29) is 18.2 Å². The molecule has 0 N–H and O–H groups in total. The lowest BCUT2D eigenvalue weighted by Crippen LogP contribution is -2.42. The molecule has 0 saturated carbocycles. The first-order valence-electron chi connectivity index (χ1n) is 11.2. The van der Waals surface area contributed by atoms with E-state index in [2.05, 4.69) is 4.98 Å². The molecule has 0 radical (unpaired) electrons. The molecule has 0 amide bonds. The van der Waals surface area contributed by atoms with Crippen LogP contribution in [0.2, 0.25) is 10.0 Å². The third-order valence-corrected chi connectivity index (χ3v) is 7.05. The molecule has 5 rings (SSSR count). The predicted molar refractivity (Wildman–Crippen MR) is 134 cm³/mol. The van der Waals surface area contributed by atoms with Gasteiger partial charge < -0.3 is 9.30 Å². The van der Waals surface area contributed by atoms with Crippen molar-refractivity contribution in [1.29, 1.82) is 0 Å². The van der Waals surface area contributed by atoms with Gasteiger partial charge in [0.25, 0.3) is 5.56 Å². The largest absolute Gasteiger partial charge is 0.376 e. The molecule has 7 nitrogen and oxygen atoms in total. The number of halogens is 2. The van der Waals surface area contributed by atoms with E-state index in [1.54, 1.807) is 27.6 Å². The fourth-order valence-electron chi connectivity index (χ4n) is 4.65. The Balaban J connectivity index is 1.76. The maximum Gasteiger partial charge on any atom is 0.337 e. The number of rotatable bonds is 5. The van der Waals surface area contributed by atoms with Gasteiger partial charge in [0.15, 0.2) is 11.2 Å². The minimum atomic E-state index is -0.412. The van der Waals surface area contributed by atoms with Gasteiger partial charge >= 0.3 is 5.69 Å². The highest BCUT2D eigenvalue weighted by Gasteiger charge is 2.24. The van der Waals surface area contributed by atoms with Crippen molar-refractivity contribution in [3.8, 4) is 5.69 Å². The maximum absolute atomic E-state index is 13.7. The van der Waals surface area contributed by atoms with Crippen molar-refractivity contribution in [2.24, 2.45) is 0 Å². The molecule has 1 aliphatic heterocycles. The molecular weight excluding hydrogens is 475 g/mol. The lowest BCUT2D eigenvalue weighted by atomic mass is 10.1. The van der Waals surface area contributed by atoms with Crippen molar-refractivity contribution < 1.29 is 4.74 Å². The van der Waals surface area contributed by atoms with E-state index in [1.807, 2.05) is 38.1 Å². The zero-order valence-electron chi connectivity index (χ0n) is 18.9. The quantitative estimate of drug-likeness (QED) is 0.406. The maximum atomic E-state index is 13.7. The molecule has 0 unspecified atom stereocenters. The first-order valence-corrected chi connectivity index (χ1v) is 11.9. The predicted octanol–water partition coefficient (Wildman–Crippen LogP) is 4.50. The Morgan fingerprint density at radius 3 is 2.53 bits per heavy atom. The van der Waals surface area contributed by atoms with Crippen LogP contribution in [0.5, 0.6) is 0 Å². The number of para-hydroxylation sites is 1. The fraction of sp³-hybridized carbons (Fsp3) is 0.320. The number of imidazole rings is 1. The van der Waals surface area contributed by atoms with Crippen LogP contribution in [0.3, 0.4) is 0 Å². The molecule has 1 aliphatic rings. The zero-order chi connectivity index (χ0) is 24.0. The summed E-state index contributed by atoms with van der Waals surface area (Å²) >= 11 is 12.3. The van der Waals surface area contributed by atoms with Gasteiger partial charge in [-0.25, -0.2) is 14.3 Å². The van der Waals surface area contributed by atoms with Crippen molar-refractivity contribution in [2.45, 2.75) is 45.9 Å². The van der Waals surface area contributed by atoms with Crippen LogP contribution >= 0.6 is 23.2 Å². The highest BCUT2D eigenvalue weighted by molar-refractivity contribution is 6.42. The van der Waals surface area contributed by atoms with E-state index in [1.165, 1.54) is 4.57 Å². The first kappa shape index (κ1) is 22.9. The Kier molecular flexibility index (Phi) is 6.10. The van der Waals surface area contributed by atoms with E-state index in [4.69, 9.17) is 27.9 Å². The number of ether oxygens (including phenoxy) is 1. The second-order valence-electron chi connectivity index (χ2n) is 8.70. The van der Waals surface area contributed by atoms with E-state index < -0.39 is 5.69 Å². The van der Waals surface area contributed by atoms with E-state index in [9.17, 15) is 9.59 Å². The molecule has 2 aromatic carbocycles. The van der Waals surface area contributed by atoms with Gasteiger partial charge in [0.2, 0.25) is 0 Å². The standard InChI is InChI=1S/C25H24Cl2N4O3/c1-15-5-3-6-16(2)21(15)31-23-22(24(32)30(25(31)33)13-18-7-4-10-34-18)29(14-28-23)12-17-8-9-19(26)20(27)11-17/h3,5-6,8-9,11,14,18H,4,7,10,12-13H2,1-2H3/t18-/m0/s1. The summed E-state index contributed by atoms with van der Waals surface area (Å²) in [5.74, 6) is 0. The molecule has 1 saturated heterocycles. The SMILES string of the molecule is Cc1cccc(C)c1-n1c(=O)n(C[C@@H]2CCCO2)c(=O)c2c1ncn2Cc1ccc(Cl)c(Cl)c1. The van der Waals surface area contributed by atoms with Gasteiger partial charge in [-0.3, -0.25) is 9.36 Å². The summed E-state index contributed by atoms with van der Waals surface area (Å²) in [6.45, 7) is 5.09. The number of benzene rings is 2. The smallest absolute Gasteiger partial charge is 0.337 e. The van der Waals surface area contributed by atoms with Crippen LogP contribution < -0.4 is 11.2 Å². The Hall–Kier alpha value is -2.87. The van der Waals surface area contributed by atoms with Gasteiger partial charge in [-0.15, -0.1) is 0 Å². The third-order valence-electron chi connectivity index (χ3n) is 6.31. The molecule has 0 spiro atoms. The summed E-state index contributed by atoms with van der Waals surface area (Å²) in [6.07, 6.45) is 3.16. The third kappa shape index (κ3) is 3.98. The van der Waals surface area contributed by atoms with E-state index in [0.717, 1.165) is 35.2 Å². The van der Waals surface area contributed by atoms with Crippen LogP contribution in [-0.4, -0.2) is 31.4 Å². The zero-order valence-corrected chi connectivity index (χ0v) is 20.4.